The van der Waals surface area contributed by atoms with Gasteiger partial charge in [-0.2, -0.15) is 0 Å². The summed E-state index contributed by atoms with van der Waals surface area (Å²) in [6.07, 6.45) is 6.68. The summed E-state index contributed by atoms with van der Waals surface area (Å²) < 4.78 is 0. The number of nitrogens with zero attached hydrogens (tertiary/aromatic N) is 3. The minimum Gasteiger partial charge on any atom is -0.335 e. The van der Waals surface area contributed by atoms with Crippen LogP contribution in [-0.4, -0.2) is 58.9 Å². The molecule has 136 valence electrons. The first-order valence-corrected chi connectivity index (χ1v) is 9.29. The van der Waals surface area contributed by atoms with E-state index < -0.39 is 0 Å². The van der Waals surface area contributed by atoms with Gasteiger partial charge < -0.3 is 15.1 Å². The lowest BCUT2D eigenvalue weighted by atomic mass is 9.80. The van der Waals surface area contributed by atoms with Crippen LogP contribution in [0.1, 0.15) is 43.5 Å². The topological polar surface area (TPSA) is 65.5 Å². The predicted octanol–water partition coefficient (Wildman–Crippen LogP) is 2.37. The Bertz CT molecular complexity index is 599. The summed E-state index contributed by atoms with van der Waals surface area (Å²) in [6, 6.07) is 3.75. The SMILES string of the molecule is C[C@@H]1CC[C@H](NC(=O)N2CCN(C(=O)c3ccncc3)CC2)[C@H](C)C1. The fourth-order valence-corrected chi connectivity index (χ4v) is 3.92. The van der Waals surface area contributed by atoms with Gasteiger partial charge >= 0.3 is 6.03 Å². The van der Waals surface area contributed by atoms with Crippen molar-refractivity contribution in [2.24, 2.45) is 11.8 Å². The van der Waals surface area contributed by atoms with Crippen LogP contribution < -0.4 is 5.32 Å². The molecule has 1 aromatic rings. The number of rotatable bonds is 2. The number of hydrogen-bond donors (Lipinski definition) is 1. The van der Waals surface area contributed by atoms with Gasteiger partial charge in [0.05, 0.1) is 0 Å². The van der Waals surface area contributed by atoms with E-state index in [0.717, 1.165) is 12.3 Å². The quantitative estimate of drug-likeness (QED) is 0.896. The molecule has 1 saturated heterocycles. The van der Waals surface area contributed by atoms with E-state index in [1.165, 1.54) is 12.8 Å². The van der Waals surface area contributed by atoms with Crippen molar-refractivity contribution in [3.8, 4) is 0 Å². The number of piperazine rings is 1. The monoisotopic (exact) mass is 344 g/mol. The summed E-state index contributed by atoms with van der Waals surface area (Å²) in [5.41, 5.74) is 0.651. The molecule has 2 fully saturated rings. The number of carbonyl (C=O) groups is 2. The first-order valence-electron chi connectivity index (χ1n) is 9.29. The van der Waals surface area contributed by atoms with E-state index in [9.17, 15) is 9.59 Å². The van der Waals surface area contributed by atoms with E-state index in [0.29, 0.717) is 37.7 Å². The van der Waals surface area contributed by atoms with Crippen LogP contribution in [0, 0.1) is 11.8 Å². The molecule has 0 spiro atoms. The lowest BCUT2D eigenvalue weighted by Gasteiger charge is -2.38. The molecular weight excluding hydrogens is 316 g/mol. The Morgan fingerprint density at radius 1 is 1.04 bits per heavy atom. The van der Waals surface area contributed by atoms with Crippen LogP contribution in [0.15, 0.2) is 24.5 Å². The largest absolute Gasteiger partial charge is 0.335 e. The summed E-state index contributed by atoms with van der Waals surface area (Å²) in [7, 11) is 0. The predicted molar refractivity (Wildman–Crippen MR) is 96.2 cm³/mol. The number of aromatic nitrogens is 1. The summed E-state index contributed by atoms with van der Waals surface area (Å²) in [5.74, 6) is 1.30. The van der Waals surface area contributed by atoms with Crippen molar-refractivity contribution in [2.75, 3.05) is 26.2 Å². The minimum atomic E-state index is 0.0114. The molecule has 3 atom stereocenters. The zero-order chi connectivity index (χ0) is 17.8. The molecule has 6 nitrogen and oxygen atoms in total. The third kappa shape index (κ3) is 4.30. The highest BCUT2D eigenvalue weighted by Crippen LogP contribution is 2.28. The van der Waals surface area contributed by atoms with Gasteiger partial charge in [-0.1, -0.05) is 13.8 Å². The molecule has 1 saturated carbocycles. The summed E-state index contributed by atoms with van der Waals surface area (Å²) in [4.78, 5) is 32.6. The van der Waals surface area contributed by atoms with E-state index in [1.54, 1.807) is 24.5 Å². The van der Waals surface area contributed by atoms with Crippen LogP contribution in [0.3, 0.4) is 0 Å². The zero-order valence-electron chi connectivity index (χ0n) is 15.1. The Balaban J connectivity index is 1.48. The highest BCUT2D eigenvalue weighted by atomic mass is 16.2. The van der Waals surface area contributed by atoms with Crippen LogP contribution in [0.5, 0.6) is 0 Å². The Kier molecular flexibility index (Phi) is 5.56. The molecule has 1 aliphatic heterocycles. The van der Waals surface area contributed by atoms with Gasteiger partial charge in [0.25, 0.3) is 5.91 Å². The number of pyridine rings is 1. The van der Waals surface area contributed by atoms with Crippen LogP contribution in [0.25, 0.3) is 0 Å². The van der Waals surface area contributed by atoms with Crippen molar-refractivity contribution < 1.29 is 9.59 Å². The molecule has 0 radical (unpaired) electrons. The smallest absolute Gasteiger partial charge is 0.317 e. The van der Waals surface area contributed by atoms with Gasteiger partial charge in [-0.3, -0.25) is 9.78 Å². The second-order valence-electron chi connectivity index (χ2n) is 7.47. The van der Waals surface area contributed by atoms with Crippen LogP contribution in [0.2, 0.25) is 0 Å². The Morgan fingerprint density at radius 3 is 2.32 bits per heavy atom. The lowest BCUT2D eigenvalue weighted by molar-refractivity contribution is 0.0660. The molecule has 3 rings (SSSR count). The highest BCUT2D eigenvalue weighted by Gasteiger charge is 2.30. The maximum Gasteiger partial charge on any atom is 0.317 e. The van der Waals surface area contributed by atoms with Gasteiger partial charge in [-0.05, 0) is 43.2 Å². The van der Waals surface area contributed by atoms with Gasteiger partial charge in [-0.25, -0.2) is 4.79 Å². The molecule has 2 aliphatic rings. The average molecular weight is 344 g/mol. The maximum absolute atomic E-state index is 12.5. The molecule has 3 amide bonds. The maximum atomic E-state index is 12.5. The molecule has 25 heavy (non-hydrogen) atoms. The van der Waals surface area contributed by atoms with Crippen LogP contribution in [-0.2, 0) is 0 Å². The molecule has 0 aromatic carbocycles. The van der Waals surface area contributed by atoms with Crippen molar-refractivity contribution in [2.45, 2.75) is 39.2 Å². The molecule has 0 unspecified atom stereocenters. The first-order chi connectivity index (χ1) is 12.0. The zero-order valence-corrected chi connectivity index (χ0v) is 15.1. The number of amides is 3. The number of urea groups is 1. The van der Waals surface area contributed by atoms with Gasteiger partial charge in [0.2, 0.25) is 0 Å². The van der Waals surface area contributed by atoms with Crippen molar-refractivity contribution in [1.82, 2.24) is 20.1 Å². The third-order valence-corrected chi connectivity index (χ3v) is 5.52. The molecule has 6 heteroatoms. The standard InChI is InChI=1S/C19H28N4O2/c1-14-3-4-17(15(2)13-14)21-19(25)23-11-9-22(10-12-23)18(24)16-5-7-20-8-6-16/h5-8,14-15,17H,3-4,9-13H2,1-2H3,(H,21,25)/t14-,15-,17+/m1/s1. The van der Waals surface area contributed by atoms with Crippen LogP contribution in [0.4, 0.5) is 4.79 Å². The van der Waals surface area contributed by atoms with Crippen molar-refractivity contribution in [3.05, 3.63) is 30.1 Å². The first kappa shape index (κ1) is 17.7. The van der Waals surface area contributed by atoms with Gasteiger partial charge in [0.15, 0.2) is 0 Å². The van der Waals surface area contributed by atoms with Crippen molar-refractivity contribution in [1.29, 1.82) is 0 Å². The molecule has 1 aliphatic carbocycles. The second-order valence-corrected chi connectivity index (χ2v) is 7.47. The average Bonchev–Trinajstić information content (AvgIpc) is 2.64. The van der Waals surface area contributed by atoms with Crippen molar-refractivity contribution >= 4 is 11.9 Å². The third-order valence-electron chi connectivity index (χ3n) is 5.52. The lowest BCUT2D eigenvalue weighted by Crippen LogP contribution is -2.55. The molecule has 0 bridgehead atoms. The van der Waals surface area contributed by atoms with Crippen molar-refractivity contribution in [3.63, 3.8) is 0 Å². The van der Waals surface area contributed by atoms with E-state index in [1.807, 2.05) is 9.80 Å². The fourth-order valence-electron chi connectivity index (χ4n) is 3.92. The Hall–Kier alpha value is -2.11. The minimum absolute atomic E-state index is 0.0114. The number of nitrogens with one attached hydrogen (secondary N) is 1. The van der Waals surface area contributed by atoms with E-state index in [-0.39, 0.29) is 18.0 Å². The van der Waals surface area contributed by atoms with E-state index >= 15 is 0 Å². The van der Waals surface area contributed by atoms with Gasteiger partial charge in [0.1, 0.15) is 0 Å². The molecule has 1 N–H and O–H groups in total. The molecule has 2 heterocycles. The Morgan fingerprint density at radius 2 is 1.68 bits per heavy atom. The van der Waals surface area contributed by atoms with Gasteiger partial charge in [0, 0.05) is 50.2 Å². The second kappa shape index (κ2) is 7.85. The van der Waals surface area contributed by atoms with E-state index in [2.05, 4.69) is 24.1 Å². The Labute approximate surface area is 149 Å². The summed E-state index contributed by atoms with van der Waals surface area (Å²) in [6.45, 7) is 6.83. The van der Waals surface area contributed by atoms with E-state index in [4.69, 9.17) is 0 Å². The summed E-state index contributed by atoms with van der Waals surface area (Å²) >= 11 is 0. The summed E-state index contributed by atoms with van der Waals surface area (Å²) in [5, 5.41) is 3.21. The van der Waals surface area contributed by atoms with Crippen LogP contribution >= 0.6 is 0 Å². The number of carbonyl (C=O) groups excluding carboxylic acids is 2. The van der Waals surface area contributed by atoms with Gasteiger partial charge in [-0.15, -0.1) is 0 Å². The number of hydrogen-bond acceptors (Lipinski definition) is 3. The normalized spacial score (nSPS) is 27.0. The fraction of sp³-hybridized carbons (Fsp3) is 0.632. The highest BCUT2D eigenvalue weighted by molar-refractivity contribution is 5.94. The molecular formula is C19H28N4O2. The molecule has 1 aromatic heterocycles.